The highest BCUT2D eigenvalue weighted by atomic mass is 32.2. The van der Waals surface area contributed by atoms with Crippen molar-refractivity contribution in [2.45, 2.75) is 11.0 Å². The quantitative estimate of drug-likeness (QED) is 0.741. The molecule has 0 saturated heterocycles. The fourth-order valence-electron chi connectivity index (χ4n) is 1.14. The normalized spacial score (nSPS) is 20.2. The van der Waals surface area contributed by atoms with Gasteiger partial charge in [0.25, 0.3) is 0 Å². The van der Waals surface area contributed by atoms with Gasteiger partial charge in [-0.05, 0) is 12.1 Å². The van der Waals surface area contributed by atoms with E-state index in [1.807, 2.05) is 18.2 Å². The van der Waals surface area contributed by atoms with Gasteiger partial charge < -0.3 is 9.84 Å². The van der Waals surface area contributed by atoms with Crippen LogP contribution in [0.2, 0.25) is 0 Å². The molecule has 1 N–H and O–H groups in total. The molecule has 0 aliphatic carbocycles. The van der Waals surface area contributed by atoms with Crippen molar-refractivity contribution >= 4 is 17.7 Å². The number of fused-ring (bicyclic) bond motifs is 1. The Morgan fingerprint density at radius 3 is 3.08 bits per heavy atom. The molecule has 0 bridgehead atoms. The van der Waals surface area contributed by atoms with Gasteiger partial charge >= 0.3 is 5.97 Å². The Hall–Kier alpha value is -1.16. The number of carbonyl (C=O) groups is 1. The van der Waals surface area contributed by atoms with Gasteiger partial charge in [0.1, 0.15) is 5.75 Å². The number of hydrogen-bond acceptors (Lipinski definition) is 3. The maximum Gasteiger partial charge on any atom is 0.345 e. The minimum absolute atomic E-state index is 0.479. The number of ether oxygens (including phenoxy) is 1. The molecule has 4 heteroatoms. The van der Waals surface area contributed by atoms with Crippen LogP contribution in [-0.2, 0) is 4.79 Å². The number of thioether (sulfide) groups is 1. The van der Waals surface area contributed by atoms with Crippen molar-refractivity contribution in [1.82, 2.24) is 0 Å². The molecule has 3 nitrogen and oxygen atoms in total. The Balaban J connectivity index is 2.24. The lowest BCUT2D eigenvalue weighted by Crippen LogP contribution is -2.31. The number of para-hydroxylation sites is 1. The van der Waals surface area contributed by atoms with E-state index < -0.39 is 12.1 Å². The van der Waals surface area contributed by atoms with Gasteiger partial charge in [0.05, 0.1) is 0 Å². The summed E-state index contributed by atoms with van der Waals surface area (Å²) in [7, 11) is 0. The number of carboxylic acids is 1. The second kappa shape index (κ2) is 3.30. The molecule has 0 radical (unpaired) electrons. The van der Waals surface area contributed by atoms with Crippen molar-refractivity contribution in [2.75, 3.05) is 5.75 Å². The van der Waals surface area contributed by atoms with Crippen molar-refractivity contribution in [2.24, 2.45) is 0 Å². The molecule has 68 valence electrons. The average molecular weight is 196 g/mol. The minimum atomic E-state index is -0.901. The van der Waals surface area contributed by atoms with Crippen LogP contribution in [0.25, 0.3) is 0 Å². The van der Waals surface area contributed by atoms with E-state index in [-0.39, 0.29) is 0 Å². The van der Waals surface area contributed by atoms with Crippen molar-refractivity contribution in [3.8, 4) is 5.75 Å². The van der Waals surface area contributed by atoms with Gasteiger partial charge in [-0.25, -0.2) is 4.79 Å². The molecule has 1 heterocycles. The summed E-state index contributed by atoms with van der Waals surface area (Å²) in [5.74, 6) is 0.250. The van der Waals surface area contributed by atoms with Crippen LogP contribution in [0.4, 0.5) is 0 Å². The van der Waals surface area contributed by atoms with E-state index in [0.29, 0.717) is 11.5 Å². The first kappa shape index (κ1) is 8.44. The van der Waals surface area contributed by atoms with E-state index in [9.17, 15) is 4.79 Å². The molecule has 0 spiro atoms. The second-order valence-electron chi connectivity index (χ2n) is 2.70. The monoisotopic (exact) mass is 196 g/mol. The fraction of sp³-hybridized carbons (Fsp3) is 0.222. The molecule has 13 heavy (non-hydrogen) atoms. The van der Waals surface area contributed by atoms with E-state index in [4.69, 9.17) is 9.84 Å². The summed E-state index contributed by atoms with van der Waals surface area (Å²) in [5, 5.41) is 8.73. The van der Waals surface area contributed by atoms with Crippen LogP contribution >= 0.6 is 11.8 Å². The van der Waals surface area contributed by atoms with Gasteiger partial charge in [0, 0.05) is 10.6 Å². The lowest BCUT2D eigenvalue weighted by molar-refractivity contribution is -0.144. The molecule has 0 amide bonds. The molecule has 1 atom stereocenters. The molecular formula is C9H8O3S. The number of rotatable bonds is 1. The maximum atomic E-state index is 10.6. The smallest absolute Gasteiger partial charge is 0.345 e. The molecule has 0 aromatic heterocycles. The fourth-order valence-corrected chi connectivity index (χ4v) is 2.12. The summed E-state index contributed by atoms with van der Waals surface area (Å²) in [5.41, 5.74) is 0. The van der Waals surface area contributed by atoms with Crippen LogP contribution in [0.15, 0.2) is 29.2 Å². The number of benzene rings is 1. The number of aliphatic carboxylic acids is 1. The molecule has 2 rings (SSSR count). The maximum absolute atomic E-state index is 10.6. The Bertz CT molecular complexity index is 337. The molecule has 0 saturated carbocycles. The van der Waals surface area contributed by atoms with Gasteiger partial charge in [-0.15, -0.1) is 11.8 Å². The van der Waals surface area contributed by atoms with Crippen LogP contribution in [0, 0.1) is 0 Å². The summed E-state index contributed by atoms with van der Waals surface area (Å²) in [4.78, 5) is 11.6. The van der Waals surface area contributed by atoms with Crippen molar-refractivity contribution in [1.29, 1.82) is 0 Å². The lowest BCUT2D eigenvalue weighted by atomic mass is 10.3. The zero-order valence-electron chi connectivity index (χ0n) is 6.77. The molecule has 1 aliphatic heterocycles. The second-order valence-corrected chi connectivity index (χ2v) is 3.76. The highest BCUT2D eigenvalue weighted by Crippen LogP contribution is 2.34. The highest BCUT2D eigenvalue weighted by Gasteiger charge is 2.25. The van der Waals surface area contributed by atoms with Crippen LogP contribution in [-0.4, -0.2) is 22.9 Å². The van der Waals surface area contributed by atoms with E-state index >= 15 is 0 Å². The Morgan fingerprint density at radius 2 is 2.31 bits per heavy atom. The Kier molecular flexibility index (Phi) is 2.14. The third-order valence-corrected chi connectivity index (χ3v) is 2.90. The van der Waals surface area contributed by atoms with E-state index in [1.165, 1.54) is 11.8 Å². The summed E-state index contributed by atoms with van der Waals surface area (Å²) < 4.78 is 5.27. The zero-order valence-corrected chi connectivity index (χ0v) is 7.58. The largest absolute Gasteiger partial charge is 0.478 e. The standard InChI is InChI=1S/C9H8O3S/c10-9(11)7-5-13-8-4-2-1-3-6(8)12-7/h1-4,7H,5H2,(H,10,11). The molecule has 0 fully saturated rings. The first-order valence-electron chi connectivity index (χ1n) is 3.88. The third-order valence-electron chi connectivity index (χ3n) is 1.78. The first-order chi connectivity index (χ1) is 6.27. The van der Waals surface area contributed by atoms with Gasteiger partial charge in [-0.3, -0.25) is 0 Å². The molecule has 1 unspecified atom stereocenters. The van der Waals surface area contributed by atoms with Gasteiger partial charge in [-0.1, -0.05) is 12.1 Å². The topological polar surface area (TPSA) is 46.5 Å². The van der Waals surface area contributed by atoms with Crippen LogP contribution in [0.1, 0.15) is 0 Å². The van der Waals surface area contributed by atoms with Crippen LogP contribution < -0.4 is 4.74 Å². The predicted molar refractivity (Wildman–Crippen MR) is 49.2 cm³/mol. The first-order valence-corrected chi connectivity index (χ1v) is 4.87. The van der Waals surface area contributed by atoms with Crippen molar-refractivity contribution in [3.05, 3.63) is 24.3 Å². The summed E-state index contributed by atoms with van der Waals surface area (Å²) in [6.45, 7) is 0. The van der Waals surface area contributed by atoms with Crippen molar-refractivity contribution in [3.63, 3.8) is 0 Å². The Labute approximate surface area is 79.7 Å². The summed E-state index contributed by atoms with van der Waals surface area (Å²) in [6.07, 6.45) is -0.708. The number of hydrogen-bond donors (Lipinski definition) is 1. The SMILES string of the molecule is O=C(O)C1CSc2ccccc2O1. The summed E-state index contributed by atoms with van der Waals surface area (Å²) >= 11 is 1.52. The highest BCUT2D eigenvalue weighted by molar-refractivity contribution is 7.99. The van der Waals surface area contributed by atoms with Gasteiger partial charge in [-0.2, -0.15) is 0 Å². The minimum Gasteiger partial charge on any atom is -0.478 e. The third kappa shape index (κ3) is 1.62. The molecule has 1 aromatic rings. The van der Waals surface area contributed by atoms with Crippen LogP contribution in [0.3, 0.4) is 0 Å². The van der Waals surface area contributed by atoms with E-state index in [1.54, 1.807) is 6.07 Å². The lowest BCUT2D eigenvalue weighted by Gasteiger charge is -2.21. The van der Waals surface area contributed by atoms with Crippen molar-refractivity contribution < 1.29 is 14.6 Å². The summed E-state index contributed by atoms with van der Waals surface area (Å²) in [6, 6.07) is 7.47. The van der Waals surface area contributed by atoms with Crippen LogP contribution in [0.5, 0.6) is 5.75 Å². The van der Waals surface area contributed by atoms with Gasteiger partial charge in [0.15, 0.2) is 0 Å². The van der Waals surface area contributed by atoms with E-state index in [2.05, 4.69) is 0 Å². The van der Waals surface area contributed by atoms with E-state index in [0.717, 1.165) is 4.90 Å². The molecular weight excluding hydrogens is 188 g/mol. The molecule has 1 aliphatic rings. The Morgan fingerprint density at radius 1 is 1.54 bits per heavy atom. The molecule has 1 aromatic carbocycles. The average Bonchev–Trinajstić information content (AvgIpc) is 2.17. The van der Waals surface area contributed by atoms with Gasteiger partial charge in [0.2, 0.25) is 6.10 Å². The zero-order chi connectivity index (χ0) is 9.26. The predicted octanol–water partition coefficient (Wildman–Crippen LogP) is 1.62. The number of carboxylic acid groups (broad SMARTS) is 1.